The van der Waals surface area contributed by atoms with Crippen LogP contribution in [0.15, 0.2) is 0 Å². The zero-order valence-corrected chi connectivity index (χ0v) is 11.9. The van der Waals surface area contributed by atoms with Crippen molar-refractivity contribution in [3.05, 3.63) is 16.5 Å². The molecule has 1 N–H and O–H groups in total. The molecule has 0 bridgehead atoms. The van der Waals surface area contributed by atoms with Gasteiger partial charge in [-0.2, -0.15) is 0 Å². The minimum atomic E-state index is 0.305. The highest BCUT2D eigenvalue weighted by molar-refractivity contribution is 6.30. The molecule has 1 fully saturated rings. The number of ether oxygens (including phenoxy) is 1. The fourth-order valence-electron chi connectivity index (χ4n) is 2.15. The van der Waals surface area contributed by atoms with Gasteiger partial charge in [0.15, 0.2) is 0 Å². The highest BCUT2D eigenvalue weighted by Crippen LogP contribution is 2.23. The molecule has 1 aliphatic rings. The van der Waals surface area contributed by atoms with E-state index in [1.807, 2.05) is 13.8 Å². The van der Waals surface area contributed by atoms with Crippen LogP contribution in [0, 0.1) is 6.92 Å². The molecule has 1 aromatic heterocycles. The van der Waals surface area contributed by atoms with Gasteiger partial charge in [0.2, 0.25) is 0 Å². The molecule has 0 aliphatic carbocycles. The zero-order valence-electron chi connectivity index (χ0n) is 11.2. The van der Waals surface area contributed by atoms with Gasteiger partial charge in [-0.25, -0.2) is 9.97 Å². The maximum Gasteiger partial charge on any atom is 0.137 e. The maximum atomic E-state index is 6.13. The van der Waals surface area contributed by atoms with Crippen LogP contribution in [0.3, 0.4) is 0 Å². The minimum absolute atomic E-state index is 0.305. The third-order valence-corrected chi connectivity index (χ3v) is 3.64. The molecule has 4 nitrogen and oxygen atoms in total. The lowest BCUT2D eigenvalue weighted by molar-refractivity contribution is 0.0231. The van der Waals surface area contributed by atoms with Crippen molar-refractivity contribution in [3.63, 3.8) is 0 Å². The van der Waals surface area contributed by atoms with Gasteiger partial charge in [-0.15, -0.1) is 0 Å². The normalized spacial score (nSPS) is 24.0. The molecule has 0 radical (unpaired) electrons. The molecule has 1 aromatic rings. The van der Waals surface area contributed by atoms with Crippen LogP contribution in [-0.4, -0.2) is 28.7 Å². The number of hydrogen-bond acceptors (Lipinski definition) is 4. The van der Waals surface area contributed by atoms with Gasteiger partial charge in [-0.05, 0) is 26.7 Å². The van der Waals surface area contributed by atoms with Gasteiger partial charge in [0, 0.05) is 24.6 Å². The Labute approximate surface area is 113 Å². The predicted octanol–water partition coefficient (Wildman–Crippen LogP) is 2.98. The number of halogens is 1. The van der Waals surface area contributed by atoms with Crippen LogP contribution >= 0.6 is 11.6 Å². The van der Waals surface area contributed by atoms with Crippen LogP contribution in [0.4, 0.5) is 5.82 Å². The van der Waals surface area contributed by atoms with Crippen molar-refractivity contribution < 1.29 is 4.74 Å². The summed E-state index contributed by atoms with van der Waals surface area (Å²) in [6.45, 7) is 6.89. The molecule has 0 spiro atoms. The van der Waals surface area contributed by atoms with E-state index >= 15 is 0 Å². The molecule has 2 rings (SSSR count). The van der Waals surface area contributed by atoms with Gasteiger partial charge in [0.1, 0.15) is 16.8 Å². The third kappa shape index (κ3) is 3.12. The van der Waals surface area contributed by atoms with Crippen LogP contribution in [0.5, 0.6) is 0 Å². The SMILES string of the molecule is CCc1nc(Cl)c(C)c(NC2CCOC(C)C2)n1. The number of rotatable bonds is 3. The molecular weight excluding hydrogens is 250 g/mol. The number of hydrogen-bond donors (Lipinski definition) is 1. The molecule has 5 heteroatoms. The number of anilines is 1. The molecule has 1 saturated heterocycles. The summed E-state index contributed by atoms with van der Waals surface area (Å²) in [6.07, 6.45) is 3.10. The zero-order chi connectivity index (χ0) is 13.1. The van der Waals surface area contributed by atoms with Crippen molar-refractivity contribution in [1.29, 1.82) is 0 Å². The molecule has 18 heavy (non-hydrogen) atoms. The van der Waals surface area contributed by atoms with Crippen molar-refractivity contribution in [2.24, 2.45) is 0 Å². The topological polar surface area (TPSA) is 47.0 Å². The van der Waals surface area contributed by atoms with E-state index < -0.39 is 0 Å². The predicted molar refractivity (Wildman–Crippen MR) is 73.2 cm³/mol. The average molecular weight is 270 g/mol. The van der Waals surface area contributed by atoms with Crippen molar-refractivity contribution in [1.82, 2.24) is 9.97 Å². The van der Waals surface area contributed by atoms with Crippen molar-refractivity contribution >= 4 is 17.4 Å². The molecule has 2 unspecified atom stereocenters. The van der Waals surface area contributed by atoms with Crippen LogP contribution < -0.4 is 5.32 Å². The Morgan fingerprint density at radius 3 is 2.89 bits per heavy atom. The van der Waals surface area contributed by atoms with Crippen molar-refractivity contribution in [2.45, 2.75) is 52.2 Å². The molecule has 1 aliphatic heterocycles. The highest BCUT2D eigenvalue weighted by atomic mass is 35.5. The Bertz CT molecular complexity index is 425. The number of aryl methyl sites for hydroxylation is 1. The Morgan fingerprint density at radius 2 is 2.22 bits per heavy atom. The standard InChI is InChI=1S/C13H20ClN3O/c1-4-11-16-12(14)9(3)13(17-11)15-10-5-6-18-8(2)7-10/h8,10H,4-7H2,1-3H3,(H,15,16,17). The summed E-state index contributed by atoms with van der Waals surface area (Å²) in [7, 11) is 0. The fourth-order valence-corrected chi connectivity index (χ4v) is 2.34. The van der Waals surface area contributed by atoms with Crippen molar-refractivity contribution in [2.75, 3.05) is 11.9 Å². The van der Waals surface area contributed by atoms with Gasteiger partial charge in [0.05, 0.1) is 6.10 Å². The minimum Gasteiger partial charge on any atom is -0.378 e. The third-order valence-electron chi connectivity index (χ3n) is 3.27. The van der Waals surface area contributed by atoms with E-state index in [1.54, 1.807) is 0 Å². The van der Waals surface area contributed by atoms with Crippen molar-refractivity contribution in [3.8, 4) is 0 Å². The van der Waals surface area contributed by atoms with E-state index in [9.17, 15) is 0 Å². The Kier molecular flexibility index (Phi) is 4.40. The maximum absolute atomic E-state index is 6.13. The first-order chi connectivity index (χ1) is 8.60. The van der Waals surface area contributed by atoms with E-state index in [0.717, 1.165) is 43.1 Å². The first-order valence-electron chi connectivity index (χ1n) is 6.51. The van der Waals surface area contributed by atoms with Crippen LogP contribution in [0.25, 0.3) is 0 Å². The Hall–Kier alpha value is -0.870. The lowest BCUT2D eigenvalue weighted by atomic mass is 10.0. The lowest BCUT2D eigenvalue weighted by Gasteiger charge is -2.28. The smallest absolute Gasteiger partial charge is 0.137 e. The van der Waals surface area contributed by atoms with Gasteiger partial charge >= 0.3 is 0 Å². The van der Waals surface area contributed by atoms with E-state index in [1.165, 1.54) is 0 Å². The average Bonchev–Trinajstić information content (AvgIpc) is 2.34. The summed E-state index contributed by atoms with van der Waals surface area (Å²) in [6, 6.07) is 0.406. The van der Waals surface area contributed by atoms with Gasteiger partial charge < -0.3 is 10.1 Å². The highest BCUT2D eigenvalue weighted by Gasteiger charge is 2.20. The Morgan fingerprint density at radius 1 is 1.44 bits per heavy atom. The lowest BCUT2D eigenvalue weighted by Crippen LogP contribution is -2.33. The second-order valence-electron chi connectivity index (χ2n) is 4.80. The van der Waals surface area contributed by atoms with Crippen LogP contribution in [-0.2, 0) is 11.2 Å². The van der Waals surface area contributed by atoms with Gasteiger partial charge in [-0.3, -0.25) is 0 Å². The largest absolute Gasteiger partial charge is 0.378 e. The molecule has 0 aromatic carbocycles. The summed E-state index contributed by atoms with van der Waals surface area (Å²) in [4.78, 5) is 8.77. The molecule has 0 amide bonds. The second-order valence-corrected chi connectivity index (χ2v) is 5.16. The van der Waals surface area contributed by atoms with Gasteiger partial charge in [-0.1, -0.05) is 18.5 Å². The summed E-state index contributed by atoms with van der Waals surface area (Å²) in [5, 5.41) is 4.03. The monoisotopic (exact) mass is 269 g/mol. The van der Waals surface area contributed by atoms with E-state index in [-0.39, 0.29) is 0 Å². The fraction of sp³-hybridized carbons (Fsp3) is 0.692. The quantitative estimate of drug-likeness (QED) is 0.857. The summed E-state index contributed by atoms with van der Waals surface area (Å²) in [5.74, 6) is 1.65. The number of nitrogens with zero attached hydrogens (tertiary/aromatic N) is 2. The Balaban J connectivity index is 2.14. The van der Waals surface area contributed by atoms with E-state index in [4.69, 9.17) is 16.3 Å². The summed E-state index contributed by atoms with van der Waals surface area (Å²) >= 11 is 6.13. The molecular formula is C13H20ClN3O. The van der Waals surface area contributed by atoms with E-state index in [0.29, 0.717) is 17.3 Å². The van der Waals surface area contributed by atoms with E-state index in [2.05, 4.69) is 22.2 Å². The van der Waals surface area contributed by atoms with Crippen LogP contribution in [0.1, 0.15) is 38.1 Å². The first kappa shape index (κ1) is 13.6. The second kappa shape index (κ2) is 5.85. The van der Waals surface area contributed by atoms with Crippen LogP contribution in [0.2, 0.25) is 5.15 Å². The molecule has 2 heterocycles. The number of aromatic nitrogens is 2. The first-order valence-corrected chi connectivity index (χ1v) is 6.89. The van der Waals surface area contributed by atoms with Gasteiger partial charge in [0.25, 0.3) is 0 Å². The number of nitrogens with one attached hydrogen (secondary N) is 1. The molecule has 2 atom stereocenters. The summed E-state index contributed by atoms with van der Waals surface area (Å²) in [5.41, 5.74) is 0.924. The summed E-state index contributed by atoms with van der Waals surface area (Å²) < 4.78 is 5.55. The molecule has 0 saturated carbocycles. The molecule has 100 valence electrons.